The molecule has 0 fully saturated rings. The number of quaternary nitrogens is 1. The number of carbonyl (C=O) groups is 1. The van der Waals surface area contributed by atoms with Crippen molar-refractivity contribution in [1.29, 1.82) is 0 Å². The van der Waals surface area contributed by atoms with Gasteiger partial charge >= 0.3 is 0 Å². The maximum atomic E-state index is 11.5. The average molecular weight is 324 g/mol. The standard InChI is InChI=1S/C13H28N2O.CH4O3S/c1-5-6-7-8-9-10-11-14-13(16)12-15(2,3)4;1-5(2,3)4/h5-12H2,1-4H3;1H3,(H,2,3,4). The quantitative estimate of drug-likeness (QED) is 0.394. The minimum atomic E-state index is -3.92. The summed E-state index contributed by atoms with van der Waals surface area (Å²) in [5, 5.41) is 2.98. The van der Waals surface area contributed by atoms with E-state index >= 15 is 0 Å². The van der Waals surface area contributed by atoms with Crippen molar-refractivity contribution in [3.8, 4) is 0 Å². The van der Waals surface area contributed by atoms with Crippen molar-refractivity contribution in [3.05, 3.63) is 0 Å². The van der Waals surface area contributed by atoms with E-state index in [0.29, 0.717) is 17.3 Å². The van der Waals surface area contributed by atoms with Gasteiger partial charge in [0.1, 0.15) is 0 Å². The number of unbranched alkanes of at least 4 members (excludes halogenated alkanes) is 5. The van der Waals surface area contributed by atoms with Crippen LogP contribution in [0.5, 0.6) is 0 Å². The fourth-order valence-corrected chi connectivity index (χ4v) is 1.62. The van der Waals surface area contributed by atoms with Crippen LogP contribution in [0.4, 0.5) is 0 Å². The molecule has 0 saturated heterocycles. The van der Waals surface area contributed by atoms with Gasteiger partial charge in [0.2, 0.25) is 0 Å². The zero-order chi connectivity index (χ0) is 16.9. The Kier molecular flexibility index (Phi) is 12.9. The summed E-state index contributed by atoms with van der Waals surface area (Å²) in [6, 6.07) is 0. The molecule has 6 nitrogen and oxygen atoms in total. The predicted molar refractivity (Wildman–Crippen MR) is 84.9 cm³/mol. The molecule has 0 aromatic rings. The Balaban J connectivity index is 0. The first-order valence-electron chi connectivity index (χ1n) is 7.43. The van der Waals surface area contributed by atoms with Crippen LogP contribution in [-0.4, -0.2) is 63.8 Å². The van der Waals surface area contributed by atoms with E-state index < -0.39 is 10.1 Å². The van der Waals surface area contributed by atoms with Gasteiger partial charge in [0.15, 0.2) is 6.54 Å². The number of likely N-dealkylation sites (N-methyl/N-ethyl adjacent to an activating group) is 1. The lowest BCUT2D eigenvalue weighted by Gasteiger charge is -2.22. The lowest BCUT2D eigenvalue weighted by Crippen LogP contribution is -2.44. The van der Waals surface area contributed by atoms with Crippen LogP contribution in [0.2, 0.25) is 0 Å². The zero-order valence-corrected chi connectivity index (χ0v) is 15.0. The summed E-state index contributed by atoms with van der Waals surface area (Å²) in [7, 11) is 2.18. The van der Waals surface area contributed by atoms with E-state index in [-0.39, 0.29) is 5.91 Å². The molecule has 0 rings (SSSR count). The number of rotatable bonds is 9. The molecule has 1 N–H and O–H groups in total. The van der Waals surface area contributed by atoms with Crippen LogP contribution in [-0.2, 0) is 14.9 Å². The van der Waals surface area contributed by atoms with Crippen molar-refractivity contribution >= 4 is 16.0 Å². The minimum Gasteiger partial charge on any atom is -0.748 e. The van der Waals surface area contributed by atoms with E-state index in [4.69, 9.17) is 13.0 Å². The highest BCUT2D eigenvalue weighted by molar-refractivity contribution is 7.84. The smallest absolute Gasteiger partial charge is 0.275 e. The van der Waals surface area contributed by atoms with Crippen molar-refractivity contribution in [2.24, 2.45) is 0 Å². The second-order valence-corrected chi connectivity index (χ2v) is 7.68. The first-order valence-corrected chi connectivity index (χ1v) is 9.25. The molecule has 0 aromatic carbocycles. The summed E-state index contributed by atoms with van der Waals surface area (Å²) >= 11 is 0. The lowest BCUT2D eigenvalue weighted by molar-refractivity contribution is -0.862. The Bertz CT molecular complexity index is 354. The van der Waals surface area contributed by atoms with Gasteiger partial charge in [-0.2, -0.15) is 0 Å². The maximum absolute atomic E-state index is 11.5. The summed E-state index contributed by atoms with van der Waals surface area (Å²) in [6.45, 7) is 3.63. The summed E-state index contributed by atoms with van der Waals surface area (Å²) in [5.41, 5.74) is 0. The lowest BCUT2D eigenvalue weighted by atomic mass is 10.1. The third kappa shape index (κ3) is 32.7. The topological polar surface area (TPSA) is 86.3 Å². The highest BCUT2D eigenvalue weighted by atomic mass is 32.2. The number of amides is 1. The van der Waals surface area contributed by atoms with Crippen LogP contribution in [0.3, 0.4) is 0 Å². The summed E-state index contributed by atoms with van der Waals surface area (Å²) in [5.74, 6) is 0.168. The van der Waals surface area contributed by atoms with Crippen LogP contribution >= 0.6 is 0 Å². The Morgan fingerprint density at radius 3 is 1.90 bits per heavy atom. The maximum Gasteiger partial charge on any atom is 0.275 e. The number of nitrogens with zero attached hydrogens (tertiary/aromatic N) is 1. The van der Waals surface area contributed by atoms with Gasteiger partial charge < -0.3 is 14.4 Å². The fraction of sp³-hybridized carbons (Fsp3) is 0.929. The summed E-state index contributed by atoms with van der Waals surface area (Å²) < 4.78 is 27.9. The average Bonchev–Trinajstić information content (AvgIpc) is 2.23. The van der Waals surface area contributed by atoms with E-state index in [1.54, 1.807) is 0 Å². The predicted octanol–water partition coefficient (Wildman–Crippen LogP) is 1.33. The number of carbonyl (C=O) groups excluding carboxylic acids is 1. The normalized spacial score (nSPS) is 11.5. The fourth-order valence-electron chi connectivity index (χ4n) is 1.62. The van der Waals surface area contributed by atoms with Gasteiger partial charge in [0.25, 0.3) is 5.91 Å². The largest absolute Gasteiger partial charge is 0.748 e. The first kappa shape index (κ1) is 22.6. The minimum absolute atomic E-state index is 0.168. The van der Waals surface area contributed by atoms with Crippen LogP contribution in [0.25, 0.3) is 0 Å². The SMILES string of the molecule is CCCCCCCCNC(=O)C[N+](C)(C)C.CS(=O)(=O)[O-]. The molecule has 0 aliphatic carbocycles. The Hall–Kier alpha value is -0.660. The molecular weight excluding hydrogens is 292 g/mol. The highest BCUT2D eigenvalue weighted by Crippen LogP contribution is 2.04. The molecule has 0 aliphatic rings. The Morgan fingerprint density at radius 1 is 1.05 bits per heavy atom. The van der Waals surface area contributed by atoms with Gasteiger partial charge in [-0.1, -0.05) is 39.0 Å². The number of hydrogen-bond acceptors (Lipinski definition) is 4. The Labute approximate surface area is 130 Å². The Morgan fingerprint density at radius 2 is 1.48 bits per heavy atom. The molecule has 7 heteroatoms. The monoisotopic (exact) mass is 324 g/mol. The molecule has 0 bridgehead atoms. The second-order valence-electron chi connectivity index (χ2n) is 6.27. The van der Waals surface area contributed by atoms with Crippen molar-refractivity contribution in [1.82, 2.24) is 5.32 Å². The van der Waals surface area contributed by atoms with Crippen LogP contribution in [0.15, 0.2) is 0 Å². The molecule has 0 heterocycles. The number of hydrogen-bond donors (Lipinski definition) is 1. The molecule has 128 valence electrons. The van der Waals surface area contributed by atoms with Crippen molar-refractivity contribution in [2.45, 2.75) is 45.4 Å². The van der Waals surface area contributed by atoms with Crippen LogP contribution in [0.1, 0.15) is 45.4 Å². The first-order chi connectivity index (χ1) is 9.45. The zero-order valence-electron chi connectivity index (χ0n) is 14.1. The number of nitrogens with one attached hydrogen (secondary N) is 1. The second kappa shape index (κ2) is 11.9. The van der Waals surface area contributed by atoms with Gasteiger partial charge in [-0.05, 0) is 6.42 Å². The van der Waals surface area contributed by atoms with Gasteiger partial charge in [-0.15, -0.1) is 0 Å². The van der Waals surface area contributed by atoms with Crippen molar-refractivity contribution < 1.29 is 22.2 Å². The summed E-state index contributed by atoms with van der Waals surface area (Å²) in [4.78, 5) is 11.5. The third-order valence-corrected chi connectivity index (χ3v) is 2.47. The van der Waals surface area contributed by atoms with E-state index in [0.717, 1.165) is 13.0 Å². The molecular formula is C14H32N2O4S. The molecule has 0 saturated carbocycles. The molecule has 21 heavy (non-hydrogen) atoms. The van der Waals surface area contributed by atoms with Gasteiger partial charge in [-0.25, -0.2) is 8.42 Å². The van der Waals surface area contributed by atoms with E-state index in [9.17, 15) is 4.79 Å². The molecule has 0 spiro atoms. The van der Waals surface area contributed by atoms with Gasteiger partial charge in [0, 0.05) is 12.8 Å². The van der Waals surface area contributed by atoms with Gasteiger partial charge in [0.05, 0.1) is 31.3 Å². The van der Waals surface area contributed by atoms with E-state index in [1.165, 1.54) is 32.1 Å². The highest BCUT2D eigenvalue weighted by Gasteiger charge is 2.12. The van der Waals surface area contributed by atoms with E-state index in [2.05, 4.69) is 12.2 Å². The molecule has 0 aromatic heterocycles. The van der Waals surface area contributed by atoms with E-state index in [1.807, 2.05) is 21.1 Å². The molecule has 0 radical (unpaired) electrons. The third-order valence-electron chi connectivity index (χ3n) is 2.47. The molecule has 0 aliphatic heterocycles. The van der Waals surface area contributed by atoms with Crippen LogP contribution < -0.4 is 5.32 Å². The molecule has 0 unspecified atom stereocenters. The van der Waals surface area contributed by atoms with Crippen LogP contribution in [0, 0.1) is 0 Å². The molecule has 1 amide bonds. The molecule has 0 atom stereocenters. The van der Waals surface area contributed by atoms with Crippen molar-refractivity contribution in [3.63, 3.8) is 0 Å². The van der Waals surface area contributed by atoms with Crippen molar-refractivity contribution in [2.75, 3.05) is 40.5 Å². The van der Waals surface area contributed by atoms with Gasteiger partial charge in [-0.3, -0.25) is 4.79 Å². The summed E-state index contributed by atoms with van der Waals surface area (Å²) in [6.07, 6.45) is 8.24.